The van der Waals surface area contributed by atoms with E-state index in [4.69, 9.17) is 17.3 Å². The van der Waals surface area contributed by atoms with E-state index in [9.17, 15) is 9.59 Å². The van der Waals surface area contributed by atoms with Crippen molar-refractivity contribution in [2.24, 2.45) is 5.92 Å². The van der Waals surface area contributed by atoms with Crippen LogP contribution >= 0.6 is 12.2 Å². The summed E-state index contributed by atoms with van der Waals surface area (Å²) in [6.45, 7) is 4.62. The first-order valence-corrected chi connectivity index (χ1v) is 6.98. The van der Waals surface area contributed by atoms with Crippen LogP contribution in [0.1, 0.15) is 19.8 Å². The van der Waals surface area contributed by atoms with Crippen molar-refractivity contribution < 1.29 is 14.7 Å². The zero-order valence-corrected chi connectivity index (χ0v) is 11.8. The van der Waals surface area contributed by atoms with E-state index < -0.39 is 11.9 Å². The molecule has 0 saturated carbocycles. The molecule has 0 aliphatic carbocycles. The summed E-state index contributed by atoms with van der Waals surface area (Å²) in [5, 5.41) is 12.8. The van der Waals surface area contributed by atoms with Crippen LogP contribution in [0, 0.1) is 5.92 Å². The first-order chi connectivity index (χ1) is 9.02. The Balaban J connectivity index is 1.92. The Labute approximate surface area is 117 Å². The van der Waals surface area contributed by atoms with Crippen LogP contribution in [0.4, 0.5) is 0 Å². The molecule has 0 spiro atoms. The molecule has 0 aromatic carbocycles. The number of carboxylic acid groups (broad SMARTS) is 1. The van der Waals surface area contributed by atoms with Crippen LogP contribution in [-0.4, -0.2) is 64.1 Å². The summed E-state index contributed by atoms with van der Waals surface area (Å²) in [7, 11) is 0. The molecule has 2 aliphatic rings. The van der Waals surface area contributed by atoms with Crippen molar-refractivity contribution in [3.63, 3.8) is 0 Å². The van der Waals surface area contributed by atoms with Gasteiger partial charge in [-0.1, -0.05) is 0 Å². The molecule has 2 atom stereocenters. The third-order valence-corrected chi connectivity index (χ3v) is 4.13. The van der Waals surface area contributed by atoms with Crippen LogP contribution in [0.15, 0.2) is 0 Å². The van der Waals surface area contributed by atoms with Crippen LogP contribution in [0.25, 0.3) is 0 Å². The van der Waals surface area contributed by atoms with Gasteiger partial charge in [-0.3, -0.25) is 9.59 Å². The number of nitrogens with zero attached hydrogens (tertiary/aromatic N) is 2. The molecule has 2 heterocycles. The minimum Gasteiger partial charge on any atom is -0.481 e. The van der Waals surface area contributed by atoms with E-state index in [1.165, 1.54) is 0 Å². The van der Waals surface area contributed by atoms with Gasteiger partial charge in [-0.25, -0.2) is 0 Å². The molecule has 19 heavy (non-hydrogen) atoms. The largest absolute Gasteiger partial charge is 0.481 e. The highest BCUT2D eigenvalue weighted by Gasteiger charge is 2.40. The Hall–Kier alpha value is -1.37. The number of carbonyl (C=O) groups is 2. The Kier molecular flexibility index (Phi) is 4.24. The van der Waals surface area contributed by atoms with E-state index in [-0.39, 0.29) is 18.4 Å². The maximum atomic E-state index is 11.9. The fourth-order valence-corrected chi connectivity index (χ4v) is 3.00. The second kappa shape index (κ2) is 5.73. The molecular formula is C12H19N3O3S. The van der Waals surface area contributed by atoms with E-state index in [0.717, 1.165) is 19.5 Å². The standard InChI is InChI=1S/C12H19N3O3S/c1-2-13-12(19)14-4-3-9(7-14)15-6-8(11(17)18)5-10(15)16/h8-9H,2-7H2,1H3,(H,13,19)(H,17,18). The highest BCUT2D eigenvalue weighted by Crippen LogP contribution is 2.25. The monoisotopic (exact) mass is 285 g/mol. The number of likely N-dealkylation sites (tertiary alicyclic amines) is 2. The Morgan fingerprint density at radius 2 is 2.26 bits per heavy atom. The smallest absolute Gasteiger partial charge is 0.308 e. The van der Waals surface area contributed by atoms with Crippen molar-refractivity contribution in [2.75, 3.05) is 26.2 Å². The Morgan fingerprint density at radius 3 is 2.84 bits per heavy atom. The van der Waals surface area contributed by atoms with Crippen molar-refractivity contribution in [1.82, 2.24) is 15.1 Å². The summed E-state index contributed by atoms with van der Waals surface area (Å²) in [5.41, 5.74) is 0. The predicted octanol–water partition coefficient (Wildman–Crippen LogP) is -0.112. The summed E-state index contributed by atoms with van der Waals surface area (Å²) >= 11 is 5.25. The number of aliphatic carboxylic acids is 1. The quantitative estimate of drug-likeness (QED) is 0.705. The van der Waals surface area contributed by atoms with Crippen LogP contribution in [0.3, 0.4) is 0 Å². The zero-order chi connectivity index (χ0) is 14.0. The number of carbonyl (C=O) groups excluding carboxylic acids is 1. The van der Waals surface area contributed by atoms with Gasteiger partial charge in [0.1, 0.15) is 0 Å². The lowest BCUT2D eigenvalue weighted by atomic mass is 10.1. The number of nitrogens with one attached hydrogen (secondary N) is 1. The molecule has 2 aliphatic heterocycles. The topological polar surface area (TPSA) is 72.9 Å². The molecule has 0 aromatic rings. The van der Waals surface area contributed by atoms with Gasteiger partial charge in [0.15, 0.2) is 5.11 Å². The molecule has 1 amide bonds. The van der Waals surface area contributed by atoms with Crippen molar-refractivity contribution in [3.8, 4) is 0 Å². The Morgan fingerprint density at radius 1 is 1.53 bits per heavy atom. The molecule has 106 valence electrons. The van der Waals surface area contributed by atoms with Crippen LogP contribution in [0.5, 0.6) is 0 Å². The van der Waals surface area contributed by atoms with Gasteiger partial charge in [-0.2, -0.15) is 0 Å². The molecule has 2 fully saturated rings. The van der Waals surface area contributed by atoms with Gasteiger partial charge >= 0.3 is 5.97 Å². The van der Waals surface area contributed by atoms with E-state index in [2.05, 4.69) is 5.32 Å². The maximum Gasteiger partial charge on any atom is 0.308 e. The minimum absolute atomic E-state index is 0.0476. The molecule has 0 aromatic heterocycles. The highest BCUT2D eigenvalue weighted by atomic mass is 32.1. The lowest BCUT2D eigenvalue weighted by molar-refractivity contribution is -0.141. The zero-order valence-electron chi connectivity index (χ0n) is 11.0. The van der Waals surface area contributed by atoms with Gasteiger partial charge in [0.2, 0.25) is 5.91 Å². The molecule has 0 radical (unpaired) electrons. The number of thiocarbonyl (C=S) groups is 1. The first kappa shape index (κ1) is 14.0. The van der Waals surface area contributed by atoms with E-state index in [1.54, 1.807) is 4.90 Å². The second-order valence-corrected chi connectivity index (χ2v) is 5.40. The van der Waals surface area contributed by atoms with Gasteiger partial charge in [0.25, 0.3) is 0 Å². The third kappa shape index (κ3) is 2.97. The highest BCUT2D eigenvalue weighted by molar-refractivity contribution is 7.80. The molecule has 0 bridgehead atoms. The number of rotatable bonds is 3. The fourth-order valence-electron chi connectivity index (χ4n) is 2.69. The van der Waals surface area contributed by atoms with Gasteiger partial charge in [-0.15, -0.1) is 0 Å². The molecule has 7 heteroatoms. The summed E-state index contributed by atoms with van der Waals surface area (Å²) in [5.74, 6) is -1.48. The molecule has 2 saturated heterocycles. The maximum absolute atomic E-state index is 11.9. The molecule has 6 nitrogen and oxygen atoms in total. The van der Waals surface area contributed by atoms with Gasteiger partial charge < -0.3 is 20.2 Å². The minimum atomic E-state index is -0.881. The number of amides is 1. The number of carboxylic acids is 1. The summed E-state index contributed by atoms with van der Waals surface area (Å²) < 4.78 is 0. The van der Waals surface area contributed by atoms with Gasteiger partial charge in [0.05, 0.1) is 12.0 Å². The van der Waals surface area contributed by atoms with Crippen molar-refractivity contribution in [1.29, 1.82) is 0 Å². The molecule has 2 rings (SSSR count). The summed E-state index contributed by atoms with van der Waals surface area (Å²) in [6.07, 6.45) is 0.979. The number of hydrogen-bond acceptors (Lipinski definition) is 3. The van der Waals surface area contributed by atoms with E-state index in [1.807, 2.05) is 11.8 Å². The summed E-state index contributed by atoms with van der Waals surface area (Å²) in [6, 6.07) is 0.0912. The lowest BCUT2D eigenvalue weighted by Crippen LogP contribution is -2.42. The first-order valence-electron chi connectivity index (χ1n) is 6.58. The van der Waals surface area contributed by atoms with Crippen molar-refractivity contribution in [2.45, 2.75) is 25.8 Å². The van der Waals surface area contributed by atoms with E-state index in [0.29, 0.717) is 18.2 Å². The molecule has 2 N–H and O–H groups in total. The Bertz CT molecular complexity index is 402. The summed E-state index contributed by atoms with van der Waals surface area (Å²) in [4.78, 5) is 26.6. The van der Waals surface area contributed by atoms with Crippen LogP contribution in [0.2, 0.25) is 0 Å². The SMILES string of the molecule is CCNC(=S)N1CCC(N2CC(C(=O)O)CC2=O)C1. The predicted molar refractivity (Wildman–Crippen MR) is 73.7 cm³/mol. The molecular weight excluding hydrogens is 266 g/mol. The third-order valence-electron chi connectivity index (χ3n) is 3.73. The van der Waals surface area contributed by atoms with Gasteiger partial charge in [-0.05, 0) is 25.6 Å². The lowest BCUT2D eigenvalue weighted by Gasteiger charge is -2.25. The number of hydrogen-bond donors (Lipinski definition) is 2. The van der Waals surface area contributed by atoms with Gasteiger partial charge in [0, 0.05) is 32.6 Å². The normalized spacial score (nSPS) is 26.9. The van der Waals surface area contributed by atoms with Crippen molar-refractivity contribution >= 4 is 29.2 Å². The van der Waals surface area contributed by atoms with E-state index >= 15 is 0 Å². The second-order valence-electron chi connectivity index (χ2n) is 5.01. The average molecular weight is 285 g/mol. The van der Waals surface area contributed by atoms with Crippen molar-refractivity contribution in [3.05, 3.63) is 0 Å². The fraction of sp³-hybridized carbons (Fsp3) is 0.750. The average Bonchev–Trinajstić information content (AvgIpc) is 2.95. The van der Waals surface area contributed by atoms with Crippen LogP contribution in [-0.2, 0) is 9.59 Å². The molecule has 2 unspecified atom stereocenters. The van der Waals surface area contributed by atoms with Crippen LogP contribution < -0.4 is 5.32 Å².